The van der Waals surface area contributed by atoms with Crippen LogP contribution in [0.15, 0.2) is 30.3 Å². The molecular formula is C9H9CaNO4. The first-order valence-electron chi connectivity index (χ1n) is 3.75. The van der Waals surface area contributed by atoms with Gasteiger partial charge in [0.1, 0.15) is 0 Å². The molecule has 0 radical (unpaired) electrons. The summed E-state index contributed by atoms with van der Waals surface area (Å²) in [5, 5.41) is 18.6. The quantitative estimate of drug-likeness (QED) is 0.363. The molecule has 0 unspecified atom stereocenters. The number of nitro benzene ring substituents is 1. The van der Waals surface area contributed by atoms with Gasteiger partial charge in [0.25, 0.3) is 5.69 Å². The molecule has 0 spiro atoms. The van der Waals surface area contributed by atoms with Crippen molar-refractivity contribution in [2.75, 3.05) is 0 Å². The Kier molecular flexibility index (Phi) is 6.15. The number of hydrogen-bond donors (Lipinski definition) is 1. The van der Waals surface area contributed by atoms with Gasteiger partial charge in [0.15, 0.2) is 0 Å². The van der Waals surface area contributed by atoms with Crippen LogP contribution in [-0.4, -0.2) is 53.7 Å². The van der Waals surface area contributed by atoms with Crippen LogP contribution in [0.4, 0.5) is 5.69 Å². The van der Waals surface area contributed by atoms with Gasteiger partial charge in [-0.2, -0.15) is 0 Å². The van der Waals surface area contributed by atoms with Gasteiger partial charge in [-0.1, -0.05) is 0 Å². The van der Waals surface area contributed by atoms with E-state index in [4.69, 9.17) is 5.11 Å². The van der Waals surface area contributed by atoms with Crippen molar-refractivity contribution >= 4 is 55.5 Å². The fourth-order valence-corrected chi connectivity index (χ4v) is 0.875. The van der Waals surface area contributed by atoms with Gasteiger partial charge in [0.05, 0.1) is 4.92 Å². The fraction of sp³-hybridized carbons (Fsp3) is 0. The van der Waals surface area contributed by atoms with E-state index in [0.29, 0.717) is 5.56 Å². The second kappa shape index (κ2) is 6.55. The van der Waals surface area contributed by atoms with Crippen molar-refractivity contribution in [2.24, 2.45) is 0 Å². The molecule has 0 aliphatic rings. The molecule has 1 aromatic carbocycles. The van der Waals surface area contributed by atoms with Gasteiger partial charge in [-0.15, -0.1) is 0 Å². The number of nitro groups is 1. The molecule has 1 rings (SSSR count). The Labute approximate surface area is 116 Å². The number of nitrogens with zero attached hydrogens (tertiary/aromatic N) is 1. The number of benzene rings is 1. The zero-order valence-corrected chi connectivity index (χ0v) is 7.08. The Balaban J connectivity index is 0.00000196. The van der Waals surface area contributed by atoms with E-state index in [2.05, 4.69) is 0 Å². The summed E-state index contributed by atoms with van der Waals surface area (Å²) in [6, 6.07) is 5.61. The zero-order valence-electron chi connectivity index (χ0n) is 7.08. The number of non-ortho nitro benzene ring substituents is 1. The zero-order chi connectivity index (χ0) is 10.6. The molecule has 0 saturated carbocycles. The van der Waals surface area contributed by atoms with Gasteiger partial charge < -0.3 is 5.11 Å². The molecule has 5 nitrogen and oxygen atoms in total. The van der Waals surface area contributed by atoms with Crippen LogP contribution in [0.1, 0.15) is 5.56 Å². The third-order valence-electron chi connectivity index (χ3n) is 1.52. The second-order valence-electron chi connectivity index (χ2n) is 2.52. The van der Waals surface area contributed by atoms with Crippen molar-refractivity contribution in [1.82, 2.24) is 0 Å². The number of carbonyl (C=O) groups is 1. The van der Waals surface area contributed by atoms with E-state index in [9.17, 15) is 14.9 Å². The molecule has 0 fully saturated rings. The first-order valence-corrected chi connectivity index (χ1v) is 3.75. The van der Waals surface area contributed by atoms with Crippen molar-refractivity contribution in [3.63, 3.8) is 0 Å². The van der Waals surface area contributed by atoms with Crippen molar-refractivity contribution < 1.29 is 14.8 Å². The van der Waals surface area contributed by atoms with Crippen LogP contribution in [0.5, 0.6) is 0 Å². The fourth-order valence-electron chi connectivity index (χ4n) is 0.875. The topological polar surface area (TPSA) is 80.4 Å². The standard InChI is InChI=1S/C9H7NO4.Ca.2H/c11-9(12)6-3-7-1-4-8(5-2-7)10(13)14;;;/h1-6H,(H,11,12);;;. The molecule has 0 aliphatic carbocycles. The Hall–Kier alpha value is -0.910. The molecule has 76 valence electrons. The third-order valence-corrected chi connectivity index (χ3v) is 1.52. The van der Waals surface area contributed by atoms with Crippen LogP contribution in [0.3, 0.4) is 0 Å². The van der Waals surface area contributed by atoms with Gasteiger partial charge in [0.2, 0.25) is 0 Å². The van der Waals surface area contributed by atoms with E-state index < -0.39 is 10.9 Å². The maximum atomic E-state index is 10.3. The predicted octanol–water partition coefficient (Wildman–Crippen LogP) is 0.776. The van der Waals surface area contributed by atoms with Crippen LogP contribution in [0, 0.1) is 10.1 Å². The summed E-state index contributed by atoms with van der Waals surface area (Å²) in [5.41, 5.74) is 0.593. The minimum atomic E-state index is -1.05. The summed E-state index contributed by atoms with van der Waals surface area (Å²) in [7, 11) is 0. The Morgan fingerprint density at radius 3 is 2.27 bits per heavy atom. The summed E-state index contributed by atoms with van der Waals surface area (Å²) >= 11 is 0. The molecule has 15 heavy (non-hydrogen) atoms. The van der Waals surface area contributed by atoms with Gasteiger partial charge in [0, 0.05) is 18.2 Å². The van der Waals surface area contributed by atoms with Crippen LogP contribution in [0.25, 0.3) is 6.08 Å². The molecule has 1 aromatic rings. The van der Waals surface area contributed by atoms with E-state index in [-0.39, 0.29) is 43.4 Å². The summed E-state index contributed by atoms with van der Waals surface area (Å²) in [6.07, 6.45) is 2.34. The van der Waals surface area contributed by atoms with Gasteiger partial charge >= 0.3 is 43.7 Å². The number of aliphatic carboxylic acids is 1. The Morgan fingerprint density at radius 1 is 1.33 bits per heavy atom. The molecule has 0 atom stereocenters. The number of carboxylic acid groups (broad SMARTS) is 1. The van der Waals surface area contributed by atoms with E-state index in [1.165, 1.54) is 30.3 Å². The Morgan fingerprint density at radius 2 is 1.87 bits per heavy atom. The molecule has 6 heteroatoms. The number of hydrogen-bond acceptors (Lipinski definition) is 3. The van der Waals surface area contributed by atoms with Crippen molar-refractivity contribution in [3.8, 4) is 0 Å². The Bertz CT molecular complexity index is 386. The van der Waals surface area contributed by atoms with E-state index >= 15 is 0 Å². The third kappa shape index (κ3) is 4.92. The SMILES string of the molecule is O=C(O)C=Cc1ccc([N+](=O)[O-])cc1.[CaH2]. The van der Waals surface area contributed by atoms with Gasteiger partial charge in [-0.3, -0.25) is 10.1 Å². The van der Waals surface area contributed by atoms with Gasteiger partial charge in [-0.05, 0) is 23.8 Å². The molecular weight excluding hydrogens is 226 g/mol. The average molecular weight is 235 g/mol. The van der Waals surface area contributed by atoms with E-state index in [1.54, 1.807) is 0 Å². The molecule has 0 saturated heterocycles. The summed E-state index contributed by atoms with van der Waals surface area (Å²) in [6.45, 7) is 0. The summed E-state index contributed by atoms with van der Waals surface area (Å²) < 4.78 is 0. The monoisotopic (exact) mass is 235 g/mol. The van der Waals surface area contributed by atoms with E-state index in [1.807, 2.05) is 0 Å². The molecule has 0 heterocycles. The van der Waals surface area contributed by atoms with Crippen LogP contribution in [0.2, 0.25) is 0 Å². The van der Waals surface area contributed by atoms with E-state index in [0.717, 1.165) is 6.08 Å². The first kappa shape index (κ1) is 14.1. The second-order valence-corrected chi connectivity index (χ2v) is 2.52. The maximum absolute atomic E-state index is 10.3. The van der Waals surface area contributed by atoms with Crippen LogP contribution < -0.4 is 0 Å². The number of carboxylic acids is 1. The molecule has 1 N–H and O–H groups in total. The van der Waals surface area contributed by atoms with Gasteiger partial charge in [-0.25, -0.2) is 4.79 Å². The minimum absolute atomic E-state index is 0. The molecule has 0 aromatic heterocycles. The van der Waals surface area contributed by atoms with Crippen molar-refractivity contribution in [1.29, 1.82) is 0 Å². The summed E-state index contributed by atoms with van der Waals surface area (Å²) in [5.74, 6) is -1.05. The average Bonchev–Trinajstić information content (AvgIpc) is 2.15. The van der Waals surface area contributed by atoms with Crippen LogP contribution in [-0.2, 0) is 4.79 Å². The summed E-state index contributed by atoms with van der Waals surface area (Å²) in [4.78, 5) is 19.9. The first-order chi connectivity index (χ1) is 6.59. The predicted molar refractivity (Wildman–Crippen MR) is 58.3 cm³/mol. The molecule has 0 bridgehead atoms. The normalized spacial score (nSPS) is 9.60. The van der Waals surface area contributed by atoms with Crippen LogP contribution >= 0.6 is 0 Å². The van der Waals surface area contributed by atoms with Crippen molar-refractivity contribution in [2.45, 2.75) is 0 Å². The van der Waals surface area contributed by atoms with Crippen molar-refractivity contribution in [3.05, 3.63) is 46.0 Å². The number of rotatable bonds is 3. The molecule has 0 aliphatic heterocycles. The molecule has 0 amide bonds.